The molecule has 0 radical (unpaired) electrons. The Balaban J connectivity index is 1.36. The predicted molar refractivity (Wildman–Crippen MR) is 196 cm³/mol. The van der Waals surface area contributed by atoms with E-state index in [1.54, 1.807) is 27.7 Å². The van der Waals surface area contributed by atoms with Crippen LogP contribution in [0.25, 0.3) is 21.9 Å². The van der Waals surface area contributed by atoms with Crippen LogP contribution < -0.4 is 19.9 Å². The van der Waals surface area contributed by atoms with Crippen molar-refractivity contribution in [1.82, 2.24) is 30.2 Å². The van der Waals surface area contributed by atoms with Crippen molar-refractivity contribution in [3.05, 3.63) is 36.2 Å². The molecule has 54 heavy (non-hydrogen) atoms. The summed E-state index contributed by atoms with van der Waals surface area (Å²) in [6, 6.07) is 2.38. The summed E-state index contributed by atoms with van der Waals surface area (Å²) in [7, 11) is -2.81. The zero-order valence-electron chi connectivity index (χ0n) is 31.7. The van der Waals surface area contributed by atoms with Gasteiger partial charge in [0, 0.05) is 31.1 Å². The molecule has 2 bridgehead atoms. The van der Waals surface area contributed by atoms with Crippen LogP contribution in [0.2, 0.25) is 0 Å². The van der Waals surface area contributed by atoms with Gasteiger partial charge in [0.25, 0.3) is 0 Å². The monoisotopic (exact) mass is 772 g/mol. The quantitative estimate of drug-likeness (QED) is 0.140. The first-order chi connectivity index (χ1) is 25.2. The molecule has 1 aliphatic carbocycles. The molecule has 4 heterocycles. The highest BCUT2D eigenvalue weighted by Gasteiger charge is 2.47. The van der Waals surface area contributed by atoms with Gasteiger partial charge < -0.3 is 34.3 Å². The molecule has 2 amide bonds. The van der Waals surface area contributed by atoms with E-state index in [1.165, 1.54) is 43.4 Å². The van der Waals surface area contributed by atoms with E-state index >= 15 is 4.39 Å². The first-order valence-corrected chi connectivity index (χ1v) is 19.1. The van der Waals surface area contributed by atoms with Crippen molar-refractivity contribution in [2.24, 2.45) is 5.92 Å². The second kappa shape index (κ2) is 14.5. The van der Waals surface area contributed by atoms with Crippen LogP contribution >= 0.6 is 7.82 Å². The lowest BCUT2D eigenvalue weighted by molar-refractivity contribution is 0.0490. The number of halogens is 1. The fourth-order valence-electron chi connectivity index (χ4n) is 6.74. The summed E-state index contributed by atoms with van der Waals surface area (Å²) in [4.78, 5) is 60.1. The number of fused-ring (bicyclic) bond motifs is 5. The smallest absolute Gasteiger partial charge is 0.444 e. The van der Waals surface area contributed by atoms with Gasteiger partial charge in [0.1, 0.15) is 34.6 Å². The van der Waals surface area contributed by atoms with Crippen molar-refractivity contribution in [3.63, 3.8) is 0 Å². The second-order valence-electron chi connectivity index (χ2n) is 15.4. The molecule has 3 N–H and O–H groups in total. The van der Waals surface area contributed by atoms with E-state index in [1.807, 2.05) is 20.8 Å². The van der Waals surface area contributed by atoms with Gasteiger partial charge in [-0.05, 0) is 86.3 Å². The van der Waals surface area contributed by atoms with Gasteiger partial charge in [-0.2, -0.15) is 9.97 Å². The molecule has 6 rings (SSSR count). The number of aromatic nitrogens is 5. The highest BCUT2D eigenvalue weighted by Crippen LogP contribution is 2.48. The van der Waals surface area contributed by atoms with E-state index in [0.717, 1.165) is 6.42 Å². The number of H-pyrrole nitrogens is 1. The molecule has 292 valence electrons. The van der Waals surface area contributed by atoms with Crippen molar-refractivity contribution in [3.8, 4) is 11.8 Å². The Morgan fingerprint density at radius 1 is 1.11 bits per heavy atom. The zero-order valence-corrected chi connectivity index (χ0v) is 32.6. The largest absolute Gasteiger partial charge is 0.472 e. The predicted octanol–water partition coefficient (Wildman–Crippen LogP) is 6.91. The number of alkyl carbamates (subject to hydrolysis) is 1. The minimum absolute atomic E-state index is 0.0179. The summed E-state index contributed by atoms with van der Waals surface area (Å²) in [5.74, 6) is 0.226. The van der Waals surface area contributed by atoms with Crippen LogP contribution in [-0.4, -0.2) is 85.5 Å². The van der Waals surface area contributed by atoms with Crippen molar-refractivity contribution >= 4 is 53.5 Å². The molecular formula is C35H46FN8O9P. The molecule has 0 spiro atoms. The Hall–Kier alpha value is -4.64. The molecule has 4 aromatic rings. The molecule has 3 aromatic heterocycles. The summed E-state index contributed by atoms with van der Waals surface area (Å²) < 4.78 is 54.5. The molecule has 1 saturated carbocycles. The van der Waals surface area contributed by atoms with Crippen molar-refractivity contribution in [2.45, 2.75) is 97.6 Å². The average molecular weight is 773 g/mol. The summed E-state index contributed by atoms with van der Waals surface area (Å²) in [6.45, 7) is 14.2. The number of carbonyl (C=O) groups is 2. The number of nitrogens with zero attached hydrogens (tertiary/aromatic N) is 6. The number of phosphoric acid groups is 1. The second-order valence-corrected chi connectivity index (χ2v) is 16.8. The lowest BCUT2D eigenvalue weighted by atomic mass is 10.0. The van der Waals surface area contributed by atoms with Gasteiger partial charge in [-0.1, -0.05) is 0 Å². The number of hydrogen-bond acceptors (Lipinski definition) is 13. The maximum absolute atomic E-state index is 15.4. The number of anilines is 2. The minimum atomic E-state index is -4.30. The number of amides is 2. The number of benzene rings is 1. The number of carbonyl (C=O) groups excluding carboxylic acids is 2. The summed E-state index contributed by atoms with van der Waals surface area (Å²) >= 11 is 0. The van der Waals surface area contributed by atoms with Gasteiger partial charge >= 0.3 is 26.0 Å². The molecule has 1 saturated heterocycles. The molecule has 17 nitrogen and oxygen atoms in total. The Labute approximate surface area is 311 Å². The lowest BCUT2D eigenvalue weighted by Crippen LogP contribution is -2.47. The number of piperidine rings is 1. The zero-order chi connectivity index (χ0) is 39.3. The summed E-state index contributed by atoms with van der Waals surface area (Å²) in [5.41, 5.74) is -0.452. The first-order valence-electron chi connectivity index (χ1n) is 17.6. The molecule has 1 aromatic carbocycles. The van der Waals surface area contributed by atoms with Crippen molar-refractivity contribution < 1.29 is 46.7 Å². The number of aromatic amines is 1. The topological polar surface area (TPSA) is 203 Å². The van der Waals surface area contributed by atoms with E-state index in [2.05, 4.69) is 30.2 Å². The molecular weight excluding hydrogens is 726 g/mol. The van der Waals surface area contributed by atoms with Crippen LogP contribution in [0.4, 0.5) is 25.5 Å². The van der Waals surface area contributed by atoms with Crippen LogP contribution in [0.15, 0.2) is 24.5 Å². The highest BCUT2D eigenvalue weighted by molar-refractivity contribution is 7.47. The van der Waals surface area contributed by atoms with Gasteiger partial charge in [0.2, 0.25) is 0 Å². The Bertz CT molecular complexity index is 2100. The van der Waals surface area contributed by atoms with Crippen LogP contribution in [0.5, 0.6) is 11.8 Å². The third kappa shape index (κ3) is 8.67. The minimum Gasteiger partial charge on any atom is -0.444 e. The van der Waals surface area contributed by atoms with Gasteiger partial charge in [-0.25, -0.2) is 28.5 Å². The third-order valence-electron chi connectivity index (χ3n) is 8.81. The van der Waals surface area contributed by atoms with Gasteiger partial charge in [-0.15, -0.1) is 0 Å². The molecule has 1 unspecified atom stereocenters. The number of rotatable bonds is 10. The Kier molecular flexibility index (Phi) is 10.5. The number of ether oxygens (including phenoxy) is 3. The number of phosphoric ester groups is 1. The number of hydrogen-bond donors (Lipinski definition) is 3. The van der Waals surface area contributed by atoms with Crippen molar-refractivity contribution in [2.75, 3.05) is 30.0 Å². The maximum Gasteiger partial charge on any atom is 0.472 e. The normalized spacial score (nSPS) is 20.2. The van der Waals surface area contributed by atoms with E-state index < -0.39 is 43.1 Å². The van der Waals surface area contributed by atoms with Crippen LogP contribution in [-0.2, 0) is 23.1 Å². The lowest BCUT2D eigenvalue weighted by Gasteiger charge is -2.33. The van der Waals surface area contributed by atoms with Gasteiger partial charge in [-0.3, -0.25) is 13.9 Å². The van der Waals surface area contributed by atoms with Crippen LogP contribution in [0, 0.1) is 11.7 Å². The Morgan fingerprint density at radius 2 is 1.80 bits per heavy atom. The summed E-state index contributed by atoms with van der Waals surface area (Å²) in [5, 5.41) is 3.98. The third-order valence-corrected chi connectivity index (χ3v) is 9.98. The maximum atomic E-state index is 15.4. The van der Waals surface area contributed by atoms with Gasteiger partial charge in [0.05, 0.1) is 35.6 Å². The fourth-order valence-corrected chi connectivity index (χ4v) is 7.62. The van der Waals surface area contributed by atoms with E-state index in [4.69, 9.17) is 28.2 Å². The first kappa shape index (κ1) is 39.1. The van der Waals surface area contributed by atoms with Crippen LogP contribution in [0.1, 0.15) is 80.2 Å². The molecule has 1 aliphatic heterocycles. The van der Waals surface area contributed by atoms with E-state index in [0.29, 0.717) is 40.7 Å². The van der Waals surface area contributed by atoms with Crippen LogP contribution in [0.3, 0.4) is 0 Å². The molecule has 2 aliphatic rings. The molecule has 5 atom stereocenters. The highest BCUT2D eigenvalue weighted by atomic mass is 31.2. The van der Waals surface area contributed by atoms with Gasteiger partial charge in [0.15, 0.2) is 11.6 Å². The Morgan fingerprint density at radius 3 is 2.41 bits per heavy atom. The summed E-state index contributed by atoms with van der Waals surface area (Å²) in [6.07, 6.45) is 1.95. The van der Waals surface area contributed by atoms with E-state index in [9.17, 15) is 19.0 Å². The SMILES string of the molecule is CCOP(=O)(O)O[C@H](C)c1ncc(Oc2nc(N3C[C@H]4C[C@@H]3C[C@@H]4NC(=O)OC(C)(C)C)c3c(n2)[nH]c2c(N(C)C(=O)OC(C)(C)C)cc(F)cc23)cn1. The van der Waals surface area contributed by atoms with E-state index in [-0.39, 0.29) is 47.9 Å². The average Bonchev–Trinajstić information content (AvgIpc) is 3.75. The fraction of sp³-hybridized carbons (Fsp3) is 0.543. The molecule has 19 heteroatoms. The van der Waals surface area contributed by atoms with Crippen molar-refractivity contribution in [1.29, 1.82) is 0 Å². The standard InChI is InChI=1S/C35H46FN8O9P/c1-10-49-54(47,48)53-18(2)28-37-15-22(16-38-28)50-31-41-29-26(23-12-20(36)13-25(27(23)40-29)43(9)33(46)52-35(6,7)8)30(42-31)44-17-19-11-21(44)14-24(19)39-32(45)51-34(3,4)5/h12-13,15-16,18-19,21,24H,10-11,14,17H2,1-9H3,(H,39,45)(H,47,48)(H,40,41,42)/t18-,19-,21-,24+/m1/s1. The number of nitrogens with one attached hydrogen (secondary N) is 2. The molecule has 2 fully saturated rings.